The van der Waals surface area contributed by atoms with Crippen LogP contribution in [0.15, 0.2) is 36.4 Å². The minimum atomic E-state index is -0.129. The number of amides is 1. The molecule has 0 bridgehead atoms. The molecule has 1 aromatic heterocycles. The van der Waals surface area contributed by atoms with Crippen LogP contribution in [0.5, 0.6) is 0 Å². The fourth-order valence-corrected chi connectivity index (χ4v) is 3.01. The monoisotopic (exact) mass is 333 g/mol. The third-order valence-electron chi connectivity index (χ3n) is 4.62. The first-order valence-corrected chi connectivity index (χ1v) is 8.20. The van der Waals surface area contributed by atoms with Crippen LogP contribution >= 0.6 is 0 Å². The summed E-state index contributed by atoms with van der Waals surface area (Å²) in [7, 11) is 1.82. The summed E-state index contributed by atoms with van der Waals surface area (Å²) in [6.45, 7) is 2.61. The van der Waals surface area contributed by atoms with Crippen molar-refractivity contribution in [3.05, 3.63) is 58.9 Å². The second-order valence-electron chi connectivity index (χ2n) is 6.14. The number of carbonyl (C=O) groups is 2. The van der Waals surface area contributed by atoms with Crippen molar-refractivity contribution in [1.82, 2.24) is 4.57 Å². The molecule has 0 radical (unpaired) electrons. The van der Waals surface area contributed by atoms with Gasteiger partial charge in [-0.3, -0.25) is 9.59 Å². The summed E-state index contributed by atoms with van der Waals surface area (Å²) < 4.78 is 1.80. The van der Waals surface area contributed by atoms with E-state index in [0.717, 1.165) is 23.4 Å². The molecule has 0 spiro atoms. The van der Waals surface area contributed by atoms with Crippen molar-refractivity contribution in [3.8, 4) is 6.07 Å². The number of aromatic nitrogens is 1. The molecule has 1 aliphatic heterocycles. The van der Waals surface area contributed by atoms with Gasteiger partial charge in [0.25, 0.3) is 0 Å². The van der Waals surface area contributed by atoms with E-state index in [1.165, 1.54) is 6.08 Å². The fourth-order valence-electron chi connectivity index (χ4n) is 3.01. The number of rotatable bonds is 4. The van der Waals surface area contributed by atoms with Gasteiger partial charge >= 0.3 is 0 Å². The lowest BCUT2D eigenvalue weighted by molar-refractivity contribution is -0.117. The number of nitriles is 1. The van der Waals surface area contributed by atoms with Gasteiger partial charge in [0, 0.05) is 37.0 Å². The van der Waals surface area contributed by atoms with Crippen molar-refractivity contribution in [2.24, 2.45) is 7.05 Å². The quantitative estimate of drug-likeness (QED) is 0.637. The zero-order valence-corrected chi connectivity index (χ0v) is 14.3. The van der Waals surface area contributed by atoms with Crippen LogP contribution in [0.4, 0.5) is 5.69 Å². The van der Waals surface area contributed by atoms with E-state index in [2.05, 4.69) is 6.07 Å². The Kier molecular flexibility index (Phi) is 4.53. The minimum Gasteiger partial charge on any atom is -0.339 e. The topological polar surface area (TPSA) is 66.1 Å². The Bertz CT molecular complexity index is 916. The molecule has 2 heterocycles. The minimum absolute atomic E-state index is 0.101. The Balaban J connectivity index is 1.82. The zero-order chi connectivity index (χ0) is 18.0. The normalized spacial score (nSPS) is 14.3. The van der Waals surface area contributed by atoms with E-state index < -0.39 is 0 Å². The number of allylic oxidation sites excluding steroid dienone is 1. The highest BCUT2D eigenvalue weighted by molar-refractivity contribution is 6.08. The Hall–Kier alpha value is -3.13. The van der Waals surface area contributed by atoms with E-state index in [1.54, 1.807) is 39.8 Å². The van der Waals surface area contributed by atoms with Crippen LogP contribution in [-0.4, -0.2) is 22.8 Å². The third kappa shape index (κ3) is 3.24. The molecule has 5 nitrogen and oxygen atoms in total. The summed E-state index contributed by atoms with van der Waals surface area (Å²) in [6, 6.07) is 11.0. The van der Waals surface area contributed by atoms with E-state index in [9.17, 15) is 9.59 Å². The molecule has 1 saturated heterocycles. The second kappa shape index (κ2) is 6.78. The molecule has 0 aliphatic carbocycles. The molecule has 126 valence electrons. The molecule has 0 unspecified atom stereocenters. The largest absolute Gasteiger partial charge is 0.339 e. The van der Waals surface area contributed by atoms with Crippen LogP contribution in [0.3, 0.4) is 0 Å². The summed E-state index contributed by atoms with van der Waals surface area (Å²) in [6.07, 6.45) is 4.65. The second-order valence-corrected chi connectivity index (χ2v) is 6.14. The van der Waals surface area contributed by atoms with Crippen molar-refractivity contribution < 1.29 is 9.59 Å². The summed E-state index contributed by atoms with van der Waals surface area (Å²) in [5.74, 6) is -0.0284. The van der Waals surface area contributed by atoms with E-state index in [1.807, 2.05) is 20.0 Å². The van der Waals surface area contributed by atoms with Crippen molar-refractivity contribution >= 4 is 23.5 Å². The highest BCUT2D eigenvalue weighted by Crippen LogP contribution is 2.23. The van der Waals surface area contributed by atoms with Crippen molar-refractivity contribution in [1.29, 1.82) is 5.26 Å². The predicted molar refractivity (Wildman–Crippen MR) is 96.3 cm³/mol. The molecule has 25 heavy (non-hydrogen) atoms. The standard InChI is InChI=1S/C20H19N3O2/c1-14-15(11-18(13-21)22(14)2)8-9-19(24)16-5-3-6-17(12-16)23-10-4-7-20(23)25/h3,5-6,8-9,11-12H,4,7,10H2,1-2H3/b9-8+. The van der Waals surface area contributed by atoms with Crippen molar-refractivity contribution in [2.45, 2.75) is 19.8 Å². The van der Waals surface area contributed by atoms with Gasteiger partial charge in [0.2, 0.25) is 5.91 Å². The summed E-state index contributed by atoms with van der Waals surface area (Å²) in [5, 5.41) is 9.07. The van der Waals surface area contributed by atoms with Gasteiger partial charge in [-0.05, 0) is 49.3 Å². The molecular weight excluding hydrogens is 314 g/mol. The number of anilines is 1. The lowest BCUT2D eigenvalue weighted by Gasteiger charge is -2.16. The van der Waals surface area contributed by atoms with Crippen LogP contribution < -0.4 is 4.90 Å². The number of hydrogen-bond donors (Lipinski definition) is 0. The number of carbonyl (C=O) groups excluding carboxylic acids is 2. The molecule has 0 atom stereocenters. The number of benzene rings is 1. The van der Waals surface area contributed by atoms with Gasteiger partial charge in [0.1, 0.15) is 11.8 Å². The predicted octanol–water partition coefficient (Wildman–Crippen LogP) is 3.23. The number of ketones is 1. The number of hydrogen-bond acceptors (Lipinski definition) is 3. The van der Waals surface area contributed by atoms with Gasteiger partial charge in [0.05, 0.1) is 0 Å². The maximum Gasteiger partial charge on any atom is 0.227 e. The van der Waals surface area contributed by atoms with Gasteiger partial charge in [-0.2, -0.15) is 5.26 Å². The Morgan fingerprint density at radius 1 is 1.32 bits per heavy atom. The molecular formula is C20H19N3O2. The fraction of sp³-hybridized carbons (Fsp3) is 0.250. The molecule has 5 heteroatoms. The molecule has 1 aromatic carbocycles. The SMILES string of the molecule is Cc1c(/C=C/C(=O)c2cccc(N3CCCC3=O)c2)cc(C#N)n1C. The van der Waals surface area contributed by atoms with Gasteiger partial charge in [-0.1, -0.05) is 12.1 Å². The molecule has 1 fully saturated rings. The molecule has 1 amide bonds. The zero-order valence-electron chi connectivity index (χ0n) is 14.3. The molecule has 0 N–H and O–H groups in total. The Morgan fingerprint density at radius 2 is 2.12 bits per heavy atom. The maximum absolute atomic E-state index is 12.5. The lowest BCUT2D eigenvalue weighted by atomic mass is 10.1. The molecule has 2 aromatic rings. The first-order chi connectivity index (χ1) is 12.0. The molecule has 3 rings (SSSR count). The lowest BCUT2D eigenvalue weighted by Crippen LogP contribution is -2.23. The highest BCUT2D eigenvalue weighted by atomic mass is 16.2. The Morgan fingerprint density at radius 3 is 2.76 bits per heavy atom. The highest BCUT2D eigenvalue weighted by Gasteiger charge is 2.22. The Labute approximate surface area is 146 Å². The van der Waals surface area contributed by atoms with Gasteiger partial charge in [0.15, 0.2) is 5.78 Å². The maximum atomic E-state index is 12.5. The first-order valence-electron chi connectivity index (χ1n) is 8.20. The first kappa shape index (κ1) is 16.7. The average molecular weight is 333 g/mol. The van der Waals surface area contributed by atoms with Crippen LogP contribution in [0.2, 0.25) is 0 Å². The molecule has 1 aliphatic rings. The molecule has 0 saturated carbocycles. The van der Waals surface area contributed by atoms with E-state index in [-0.39, 0.29) is 11.7 Å². The van der Waals surface area contributed by atoms with Gasteiger partial charge < -0.3 is 9.47 Å². The van der Waals surface area contributed by atoms with Gasteiger partial charge in [-0.15, -0.1) is 0 Å². The van der Waals surface area contributed by atoms with Crippen molar-refractivity contribution in [2.75, 3.05) is 11.4 Å². The van der Waals surface area contributed by atoms with Crippen LogP contribution in [0.1, 0.15) is 40.2 Å². The van der Waals surface area contributed by atoms with E-state index >= 15 is 0 Å². The number of nitrogens with zero attached hydrogens (tertiary/aromatic N) is 3. The average Bonchev–Trinajstić information content (AvgIpc) is 3.17. The van der Waals surface area contributed by atoms with Crippen LogP contribution in [-0.2, 0) is 11.8 Å². The third-order valence-corrected chi connectivity index (χ3v) is 4.62. The van der Waals surface area contributed by atoms with Gasteiger partial charge in [-0.25, -0.2) is 0 Å². The summed E-state index contributed by atoms with van der Waals surface area (Å²) >= 11 is 0. The summed E-state index contributed by atoms with van der Waals surface area (Å²) in [5.41, 5.74) is 3.64. The van der Waals surface area contributed by atoms with E-state index in [0.29, 0.717) is 24.2 Å². The van der Waals surface area contributed by atoms with Crippen molar-refractivity contribution in [3.63, 3.8) is 0 Å². The van der Waals surface area contributed by atoms with E-state index in [4.69, 9.17) is 5.26 Å². The van der Waals surface area contributed by atoms with Crippen LogP contribution in [0.25, 0.3) is 6.08 Å². The summed E-state index contributed by atoms with van der Waals surface area (Å²) in [4.78, 5) is 26.1. The smallest absolute Gasteiger partial charge is 0.227 e. The van der Waals surface area contributed by atoms with Crippen LogP contribution in [0, 0.1) is 18.3 Å².